The Bertz CT molecular complexity index is 577. The highest BCUT2D eigenvalue weighted by Crippen LogP contribution is 2.31. The van der Waals surface area contributed by atoms with Crippen LogP contribution in [0.3, 0.4) is 0 Å². The summed E-state index contributed by atoms with van der Waals surface area (Å²) in [5.41, 5.74) is 2.36. The molecule has 2 N–H and O–H groups in total. The van der Waals surface area contributed by atoms with Crippen LogP contribution in [0.4, 0.5) is 4.79 Å². The van der Waals surface area contributed by atoms with Gasteiger partial charge in [0.15, 0.2) is 0 Å². The maximum Gasteiger partial charge on any atom is 0.407 e. The molecule has 2 aliphatic heterocycles. The van der Waals surface area contributed by atoms with Gasteiger partial charge in [-0.25, -0.2) is 4.79 Å². The minimum absolute atomic E-state index is 0.339. The molecule has 2 aliphatic rings. The summed E-state index contributed by atoms with van der Waals surface area (Å²) in [5.74, 6) is 0.863. The van der Waals surface area contributed by atoms with Gasteiger partial charge in [-0.3, -0.25) is 4.90 Å². The van der Waals surface area contributed by atoms with Crippen LogP contribution in [0.25, 0.3) is 0 Å². The fourth-order valence-corrected chi connectivity index (χ4v) is 3.72. The molecule has 24 heavy (non-hydrogen) atoms. The number of piperidine rings is 1. The van der Waals surface area contributed by atoms with E-state index in [4.69, 9.17) is 5.11 Å². The van der Waals surface area contributed by atoms with E-state index >= 15 is 0 Å². The molecule has 2 saturated heterocycles. The zero-order chi connectivity index (χ0) is 17.1. The predicted octanol–water partition coefficient (Wildman–Crippen LogP) is 2.00. The molecule has 0 saturated carbocycles. The number of amides is 1. The maximum absolute atomic E-state index is 11.0. The molecule has 1 aromatic carbocycles. The molecule has 0 aliphatic carbocycles. The van der Waals surface area contributed by atoms with Crippen molar-refractivity contribution in [2.75, 3.05) is 46.3 Å². The van der Waals surface area contributed by atoms with Gasteiger partial charge in [-0.05, 0) is 62.2 Å². The standard InChI is InChI=1S/C18H27N3O3/c1-19-4-2-15(3-5-19)16-10-14(11-17(22)12-16)13-20-6-8-21(9-7-20)18(23)24/h10-12,15,22H,2-9,13H2,1H3,(H,23,24). The molecule has 3 rings (SSSR count). The van der Waals surface area contributed by atoms with Crippen LogP contribution < -0.4 is 0 Å². The quantitative estimate of drug-likeness (QED) is 0.885. The number of likely N-dealkylation sites (tertiary alicyclic amines) is 1. The van der Waals surface area contributed by atoms with E-state index in [1.54, 1.807) is 0 Å². The second-order valence-electron chi connectivity index (χ2n) is 7.06. The zero-order valence-electron chi connectivity index (χ0n) is 14.3. The number of hydrogen-bond acceptors (Lipinski definition) is 4. The van der Waals surface area contributed by atoms with E-state index < -0.39 is 6.09 Å². The Morgan fingerprint density at radius 1 is 1.08 bits per heavy atom. The summed E-state index contributed by atoms with van der Waals surface area (Å²) < 4.78 is 0. The Balaban J connectivity index is 1.63. The lowest BCUT2D eigenvalue weighted by Crippen LogP contribution is -2.47. The summed E-state index contributed by atoms with van der Waals surface area (Å²) in [6.45, 7) is 5.56. The highest BCUT2D eigenvalue weighted by molar-refractivity contribution is 5.65. The molecule has 2 fully saturated rings. The lowest BCUT2D eigenvalue weighted by atomic mass is 9.88. The largest absolute Gasteiger partial charge is 0.508 e. The van der Waals surface area contributed by atoms with Crippen LogP contribution in [-0.2, 0) is 6.54 Å². The third-order valence-corrected chi connectivity index (χ3v) is 5.24. The van der Waals surface area contributed by atoms with Crippen molar-refractivity contribution < 1.29 is 15.0 Å². The fourth-order valence-electron chi connectivity index (χ4n) is 3.72. The van der Waals surface area contributed by atoms with E-state index in [0.717, 1.165) is 51.1 Å². The smallest absolute Gasteiger partial charge is 0.407 e. The number of carbonyl (C=O) groups is 1. The van der Waals surface area contributed by atoms with Crippen molar-refractivity contribution in [1.82, 2.24) is 14.7 Å². The Morgan fingerprint density at radius 2 is 1.75 bits per heavy atom. The van der Waals surface area contributed by atoms with Crippen molar-refractivity contribution in [3.8, 4) is 5.75 Å². The SMILES string of the molecule is CN1CCC(c2cc(O)cc(CN3CCN(C(=O)O)CC3)c2)CC1. The minimum Gasteiger partial charge on any atom is -0.508 e. The topological polar surface area (TPSA) is 67.2 Å². The van der Waals surface area contributed by atoms with Crippen LogP contribution in [0.2, 0.25) is 0 Å². The van der Waals surface area contributed by atoms with Gasteiger partial charge in [-0.15, -0.1) is 0 Å². The van der Waals surface area contributed by atoms with Crippen LogP contribution in [0.5, 0.6) is 5.75 Å². The van der Waals surface area contributed by atoms with Crippen LogP contribution >= 0.6 is 0 Å². The molecule has 0 unspecified atom stereocenters. The maximum atomic E-state index is 11.0. The normalized spacial score (nSPS) is 21.1. The molecule has 6 heteroatoms. The lowest BCUT2D eigenvalue weighted by Gasteiger charge is -2.33. The Labute approximate surface area is 143 Å². The molecular formula is C18H27N3O3. The monoisotopic (exact) mass is 333 g/mol. The number of carboxylic acid groups (broad SMARTS) is 1. The molecule has 0 spiro atoms. The molecule has 1 aromatic rings. The summed E-state index contributed by atoms with van der Waals surface area (Å²) in [6.07, 6.45) is 1.43. The Hall–Kier alpha value is -1.79. The van der Waals surface area contributed by atoms with Crippen LogP contribution in [0.1, 0.15) is 29.9 Å². The van der Waals surface area contributed by atoms with Gasteiger partial charge in [-0.1, -0.05) is 6.07 Å². The summed E-state index contributed by atoms with van der Waals surface area (Å²) >= 11 is 0. The molecule has 2 heterocycles. The van der Waals surface area contributed by atoms with E-state index in [0.29, 0.717) is 24.8 Å². The van der Waals surface area contributed by atoms with Gasteiger partial charge in [0.25, 0.3) is 0 Å². The minimum atomic E-state index is -0.837. The van der Waals surface area contributed by atoms with E-state index in [1.807, 2.05) is 12.1 Å². The third kappa shape index (κ3) is 4.19. The molecule has 0 bridgehead atoms. The van der Waals surface area contributed by atoms with Gasteiger partial charge in [0, 0.05) is 32.7 Å². The van der Waals surface area contributed by atoms with Crippen LogP contribution in [0.15, 0.2) is 18.2 Å². The second-order valence-corrected chi connectivity index (χ2v) is 7.06. The first-order chi connectivity index (χ1) is 11.5. The number of nitrogens with zero attached hydrogens (tertiary/aromatic N) is 3. The van der Waals surface area contributed by atoms with Crippen molar-refractivity contribution in [3.63, 3.8) is 0 Å². The number of aromatic hydroxyl groups is 1. The molecule has 0 radical (unpaired) electrons. The number of hydrogen-bond donors (Lipinski definition) is 2. The molecule has 0 aromatic heterocycles. The lowest BCUT2D eigenvalue weighted by molar-refractivity contribution is 0.103. The summed E-state index contributed by atoms with van der Waals surface area (Å²) in [6, 6.07) is 5.96. The van der Waals surface area contributed by atoms with Gasteiger partial charge in [-0.2, -0.15) is 0 Å². The van der Waals surface area contributed by atoms with Gasteiger partial charge < -0.3 is 20.0 Å². The van der Waals surface area contributed by atoms with Gasteiger partial charge in [0.05, 0.1) is 0 Å². The second kappa shape index (κ2) is 7.40. The van der Waals surface area contributed by atoms with Crippen molar-refractivity contribution in [2.24, 2.45) is 0 Å². The highest BCUT2D eigenvalue weighted by atomic mass is 16.4. The van der Waals surface area contributed by atoms with Gasteiger partial charge >= 0.3 is 6.09 Å². The Kier molecular flexibility index (Phi) is 5.26. The number of benzene rings is 1. The van der Waals surface area contributed by atoms with Crippen molar-refractivity contribution in [3.05, 3.63) is 29.3 Å². The average Bonchev–Trinajstić information content (AvgIpc) is 2.55. The van der Waals surface area contributed by atoms with E-state index in [-0.39, 0.29) is 0 Å². The molecule has 132 valence electrons. The highest BCUT2D eigenvalue weighted by Gasteiger charge is 2.22. The van der Waals surface area contributed by atoms with Crippen molar-refractivity contribution in [2.45, 2.75) is 25.3 Å². The fraction of sp³-hybridized carbons (Fsp3) is 0.611. The number of piperazine rings is 1. The van der Waals surface area contributed by atoms with Crippen molar-refractivity contribution >= 4 is 6.09 Å². The van der Waals surface area contributed by atoms with Crippen molar-refractivity contribution in [1.29, 1.82) is 0 Å². The van der Waals surface area contributed by atoms with E-state index in [1.165, 1.54) is 10.5 Å². The molecule has 1 amide bonds. The summed E-state index contributed by atoms with van der Waals surface area (Å²) in [4.78, 5) is 17.0. The molecular weight excluding hydrogens is 306 g/mol. The van der Waals surface area contributed by atoms with Gasteiger partial charge in [0.1, 0.15) is 5.75 Å². The zero-order valence-corrected chi connectivity index (χ0v) is 14.3. The Morgan fingerprint density at radius 3 is 2.38 bits per heavy atom. The third-order valence-electron chi connectivity index (χ3n) is 5.24. The average molecular weight is 333 g/mol. The first-order valence-corrected chi connectivity index (χ1v) is 8.73. The first-order valence-electron chi connectivity index (χ1n) is 8.73. The number of rotatable bonds is 3. The summed E-state index contributed by atoms with van der Waals surface area (Å²) in [5, 5.41) is 19.1. The van der Waals surface area contributed by atoms with Crippen LogP contribution in [0, 0.1) is 0 Å². The number of phenolic OH excluding ortho intramolecular Hbond substituents is 1. The van der Waals surface area contributed by atoms with Gasteiger partial charge in [0.2, 0.25) is 0 Å². The van der Waals surface area contributed by atoms with E-state index in [9.17, 15) is 9.90 Å². The predicted molar refractivity (Wildman–Crippen MR) is 92.5 cm³/mol. The molecule has 0 atom stereocenters. The first kappa shape index (κ1) is 17.0. The molecule has 6 nitrogen and oxygen atoms in total. The van der Waals surface area contributed by atoms with Crippen LogP contribution in [-0.4, -0.2) is 77.3 Å². The van der Waals surface area contributed by atoms with E-state index in [2.05, 4.69) is 22.9 Å². The number of phenols is 1. The summed E-state index contributed by atoms with van der Waals surface area (Å²) in [7, 11) is 2.15.